The Morgan fingerprint density at radius 2 is 1.70 bits per heavy atom. The summed E-state index contributed by atoms with van der Waals surface area (Å²) < 4.78 is 11.3. The van der Waals surface area contributed by atoms with Gasteiger partial charge in [0, 0.05) is 12.1 Å². The number of likely N-dealkylation sites (tertiary alicyclic amines) is 1. The minimum Gasteiger partial charge on any atom is -0.486 e. The van der Waals surface area contributed by atoms with Crippen LogP contribution in [0.25, 0.3) is 10.8 Å². The van der Waals surface area contributed by atoms with Crippen LogP contribution in [0.4, 0.5) is 0 Å². The second-order valence-corrected chi connectivity index (χ2v) is 7.12. The molecule has 1 atom stereocenters. The largest absolute Gasteiger partial charge is 0.486 e. The van der Waals surface area contributed by atoms with Crippen LogP contribution in [-0.2, 0) is 0 Å². The van der Waals surface area contributed by atoms with Crippen LogP contribution in [0.5, 0.6) is 11.5 Å². The second kappa shape index (κ2) is 6.62. The monoisotopic (exact) mass is 359 g/mol. The normalized spacial score (nSPS) is 18.7. The first-order valence-electron chi connectivity index (χ1n) is 9.49. The first kappa shape index (κ1) is 16.2. The van der Waals surface area contributed by atoms with Gasteiger partial charge in [-0.3, -0.25) is 4.79 Å². The molecule has 1 fully saturated rings. The SMILES string of the molecule is O=C(c1ccc2ccccc2c1)N1CCCC1c1ccc2c(c1)OCCO2. The van der Waals surface area contributed by atoms with E-state index in [1.807, 2.05) is 53.4 Å². The number of rotatable bonds is 2. The lowest BCUT2D eigenvalue weighted by molar-refractivity contribution is 0.0735. The molecule has 136 valence electrons. The standard InChI is InChI=1S/C23H21NO3/c25-23(19-8-7-16-4-1-2-5-17(16)14-19)24-11-3-6-20(24)18-9-10-21-22(15-18)27-13-12-26-21/h1-2,4-5,7-10,14-15,20H,3,6,11-13H2. The van der Waals surface area contributed by atoms with Crippen LogP contribution >= 0.6 is 0 Å². The van der Waals surface area contributed by atoms with Crippen LogP contribution in [0, 0.1) is 0 Å². The highest BCUT2D eigenvalue weighted by molar-refractivity contribution is 5.99. The average molecular weight is 359 g/mol. The highest BCUT2D eigenvalue weighted by Crippen LogP contribution is 2.38. The van der Waals surface area contributed by atoms with Crippen molar-refractivity contribution in [2.45, 2.75) is 18.9 Å². The van der Waals surface area contributed by atoms with E-state index in [0.717, 1.165) is 52.8 Å². The molecule has 4 nitrogen and oxygen atoms in total. The van der Waals surface area contributed by atoms with E-state index >= 15 is 0 Å². The molecule has 0 aromatic heterocycles. The van der Waals surface area contributed by atoms with E-state index in [0.29, 0.717) is 13.2 Å². The Hall–Kier alpha value is -3.01. The number of ether oxygens (including phenoxy) is 2. The fourth-order valence-corrected chi connectivity index (χ4v) is 4.11. The van der Waals surface area contributed by atoms with Crippen LogP contribution in [-0.4, -0.2) is 30.6 Å². The number of benzene rings is 3. The van der Waals surface area contributed by atoms with E-state index in [1.54, 1.807) is 0 Å². The molecule has 27 heavy (non-hydrogen) atoms. The van der Waals surface area contributed by atoms with Gasteiger partial charge in [0.1, 0.15) is 13.2 Å². The van der Waals surface area contributed by atoms with Gasteiger partial charge in [0.2, 0.25) is 0 Å². The van der Waals surface area contributed by atoms with E-state index in [1.165, 1.54) is 0 Å². The molecule has 0 bridgehead atoms. The summed E-state index contributed by atoms with van der Waals surface area (Å²) in [5, 5.41) is 2.25. The van der Waals surface area contributed by atoms with Crippen LogP contribution in [0.2, 0.25) is 0 Å². The minimum absolute atomic E-state index is 0.0831. The molecule has 1 amide bonds. The maximum Gasteiger partial charge on any atom is 0.254 e. The zero-order valence-electron chi connectivity index (χ0n) is 15.1. The Balaban J connectivity index is 1.45. The molecular weight excluding hydrogens is 338 g/mol. The van der Waals surface area contributed by atoms with Gasteiger partial charge in [0.05, 0.1) is 6.04 Å². The van der Waals surface area contributed by atoms with Gasteiger partial charge < -0.3 is 14.4 Å². The molecule has 5 rings (SSSR count). The molecule has 0 radical (unpaired) electrons. The van der Waals surface area contributed by atoms with Crippen molar-refractivity contribution < 1.29 is 14.3 Å². The number of carbonyl (C=O) groups excluding carboxylic acids is 1. The van der Waals surface area contributed by atoms with E-state index in [2.05, 4.69) is 12.1 Å². The van der Waals surface area contributed by atoms with E-state index in [4.69, 9.17) is 9.47 Å². The summed E-state index contributed by atoms with van der Waals surface area (Å²) in [4.78, 5) is 15.2. The van der Waals surface area contributed by atoms with Gasteiger partial charge in [-0.05, 0) is 53.4 Å². The molecule has 0 spiro atoms. The van der Waals surface area contributed by atoms with E-state index in [9.17, 15) is 4.79 Å². The molecule has 1 unspecified atom stereocenters. The Labute approximate surface area is 158 Å². The third-order valence-electron chi connectivity index (χ3n) is 5.46. The zero-order valence-corrected chi connectivity index (χ0v) is 15.1. The van der Waals surface area contributed by atoms with Crippen molar-refractivity contribution in [3.05, 3.63) is 71.8 Å². The van der Waals surface area contributed by atoms with E-state index < -0.39 is 0 Å². The topological polar surface area (TPSA) is 38.8 Å². The molecule has 0 N–H and O–H groups in total. The minimum atomic E-state index is 0.0831. The van der Waals surface area contributed by atoms with Gasteiger partial charge >= 0.3 is 0 Å². The molecular formula is C23H21NO3. The summed E-state index contributed by atoms with van der Waals surface area (Å²) in [6, 6.07) is 20.2. The van der Waals surface area contributed by atoms with Crippen molar-refractivity contribution in [2.75, 3.05) is 19.8 Å². The molecule has 3 aromatic carbocycles. The van der Waals surface area contributed by atoms with Gasteiger partial charge in [-0.15, -0.1) is 0 Å². The molecule has 2 heterocycles. The molecule has 2 aliphatic heterocycles. The predicted octanol–water partition coefficient (Wildman–Crippen LogP) is 4.59. The number of amides is 1. The summed E-state index contributed by atoms with van der Waals surface area (Å²) in [5.74, 6) is 1.66. The maximum atomic E-state index is 13.2. The number of hydrogen-bond acceptors (Lipinski definition) is 3. The molecule has 0 aliphatic carbocycles. The molecule has 3 aromatic rings. The number of nitrogens with zero attached hydrogens (tertiary/aromatic N) is 1. The van der Waals surface area contributed by atoms with Crippen LogP contribution in [0.15, 0.2) is 60.7 Å². The first-order chi connectivity index (χ1) is 13.3. The van der Waals surface area contributed by atoms with Crippen LogP contribution in [0.1, 0.15) is 34.8 Å². The van der Waals surface area contributed by atoms with Crippen molar-refractivity contribution in [2.24, 2.45) is 0 Å². The summed E-state index contributed by atoms with van der Waals surface area (Å²) in [5.41, 5.74) is 1.86. The van der Waals surface area contributed by atoms with Crippen molar-refractivity contribution in [3.63, 3.8) is 0 Å². The lowest BCUT2D eigenvalue weighted by Crippen LogP contribution is -2.30. The fraction of sp³-hybridized carbons (Fsp3) is 0.261. The lowest BCUT2D eigenvalue weighted by atomic mass is 10.0. The summed E-state index contributed by atoms with van der Waals surface area (Å²) in [6.45, 7) is 1.94. The quantitative estimate of drug-likeness (QED) is 0.672. The van der Waals surface area contributed by atoms with Gasteiger partial charge in [-0.2, -0.15) is 0 Å². The smallest absolute Gasteiger partial charge is 0.254 e. The van der Waals surface area contributed by atoms with Gasteiger partial charge in [0.25, 0.3) is 5.91 Å². The molecule has 1 saturated heterocycles. The third kappa shape index (κ3) is 2.91. The van der Waals surface area contributed by atoms with Crippen molar-refractivity contribution in [1.29, 1.82) is 0 Å². The molecule has 0 saturated carbocycles. The first-order valence-corrected chi connectivity index (χ1v) is 9.49. The van der Waals surface area contributed by atoms with Crippen molar-refractivity contribution in [3.8, 4) is 11.5 Å². The number of hydrogen-bond donors (Lipinski definition) is 0. The Bertz CT molecular complexity index is 1010. The molecule has 2 aliphatic rings. The van der Waals surface area contributed by atoms with E-state index in [-0.39, 0.29) is 11.9 Å². The zero-order chi connectivity index (χ0) is 18.2. The Morgan fingerprint density at radius 3 is 2.59 bits per heavy atom. The Morgan fingerprint density at radius 1 is 0.889 bits per heavy atom. The van der Waals surface area contributed by atoms with Gasteiger partial charge in [0.15, 0.2) is 11.5 Å². The number of carbonyl (C=O) groups is 1. The maximum absolute atomic E-state index is 13.2. The molecule has 4 heteroatoms. The summed E-state index contributed by atoms with van der Waals surface area (Å²) in [7, 11) is 0. The van der Waals surface area contributed by atoms with Crippen molar-refractivity contribution >= 4 is 16.7 Å². The Kier molecular flexibility index (Phi) is 3.97. The summed E-state index contributed by atoms with van der Waals surface area (Å²) >= 11 is 0. The highest BCUT2D eigenvalue weighted by Gasteiger charge is 2.31. The van der Waals surface area contributed by atoms with Gasteiger partial charge in [-0.25, -0.2) is 0 Å². The highest BCUT2D eigenvalue weighted by atomic mass is 16.6. The third-order valence-corrected chi connectivity index (χ3v) is 5.46. The second-order valence-electron chi connectivity index (χ2n) is 7.12. The van der Waals surface area contributed by atoms with Crippen LogP contribution < -0.4 is 9.47 Å². The van der Waals surface area contributed by atoms with Gasteiger partial charge in [-0.1, -0.05) is 36.4 Å². The lowest BCUT2D eigenvalue weighted by Gasteiger charge is -2.27. The predicted molar refractivity (Wildman–Crippen MR) is 104 cm³/mol. The van der Waals surface area contributed by atoms with Crippen molar-refractivity contribution in [1.82, 2.24) is 4.90 Å². The van der Waals surface area contributed by atoms with Crippen LogP contribution in [0.3, 0.4) is 0 Å². The average Bonchev–Trinajstić information content (AvgIpc) is 3.22. The fourth-order valence-electron chi connectivity index (χ4n) is 4.11. The number of fused-ring (bicyclic) bond motifs is 2. The summed E-state index contributed by atoms with van der Waals surface area (Å²) in [6.07, 6.45) is 1.98.